The van der Waals surface area contributed by atoms with Gasteiger partial charge in [0.05, 0.1) is 0 Å². The molecule has 3 aliphatic rings. The molecule has 3 nitrogen and oxygen atoms in total. The summed E-state index contributed by atoms with van der Waals surface area (Å²) in [7, 11) is 2.25. The Morgan fingerprint density at radius 1 is 1.17 bits per heavy atom. The molecular weight excluding hydrogens is 222 g/mol. The van der Waals surface area contributed by atoms with Crippen LogP contribution in [0.15, 0.2) is 0 Å². The summed E-state index contributed by atoms with van der Waals surface area (Å²) in [5.74, 6) is 2.57. The van der Waals surface area contributed by atoms with Gasteiger partial charge in [-0.25, -0.2) is 0 Å². The number of likely N-dealkylation sites (N-methyl/N-ethyl adjacent to an activating group) is 1. The second-order valence-corrected chi connectivity index (χ2v) is 7.54. The number of hydrogen-bond acceptors (Lipinski definition) is 3. The zero-order valence-corrected chi connectivity index (χ0v) is 12.2. The largest absolute Gasteiger partial charge is 0.327 e. The molecule has 1 heterocycles. The van der Waals surface area contributed by atoms with E-state index in [2.05, 4.69) is 30.7 Å². The Morgan fingerprint density at radius 3 is 2.50 bits per heavy atom. The molecule has 1 aliphatic heterocycles. The van der Waals surface area contributed by atoms with Crippen molar-refractivity contribution in [2.75, 3.05) is 33.2 Å². The van der Waals surface area contributed by atoms with Crippen LogP contribution < -0.4 is 5.73 Å². The standard InChI is InChI=1S/C15H29N3/c1-15(2)10-18(7-6-17(15)3)9-13-11-4-5-12(8-11)14(13)16/h11-14H,4-10,16H2,1-3H3. The summed E-state index contributed by atoms with van der Waals surface area (Å²) >= 11 is 0. The molecule has 18 heavy (non-hydrogen) atoms. The van der Waals surface area contributed by atoms with E-state index in [1.165, 1.54) is 45.4 Å². The van der Waals surface area contributed by atoms with Crippen molar-refractivity contribution in [3.8, 4) is 0 Å². The van der Waals surface area contributed by atoms with Gasteiger partial charge in [-0.2, -0.15) is 0 Å². The molecule has 0 aromatic carbocycles. The van der Waals surface area contributed by atoms with Gasteiger partial charge < -0.3 is 5.73 Å². The van der Waals surface area contributed by atoms with E-state index in [0.29, 0.717) is 11.6 Å². The number of rotatable bonds is 2. The molecule has 4 unspecified atom stereocenters. The Morgan fingerprint density at radius 2 is 1.89 bits per heavy atom. The highest BCUT2D eigenvalue weighted by Crippen LogP contribution is 2.47. The molecule has 0 amide bonds. The van der Waals surface area contributed by atoms with E-state index in [4.69, 9.17) is 5.73 Å². The first-order valence-corrected chi connectivity index (χ1v) is 7.66. The highest BCUT2D eigenvalue weighted by molar-refractivity contribution is 5.01. The smallest absolute Gasteiger partial charge is 0.0277 e. The first-order valence-electron chi connectivity index (χ1n) is 7.66. The van der Waals surface area contributed by atoms with E-state index < -0.39 is 0 Å². The Balaban J connectivity index is 1.60. The lowest BCUT2D eigenvalue weighted by molar-refractivity contribution is 0.0251. The van der Waals surface area contributed by atoms with Crippen LogP contribution in [0.3, 0.4) is 0 Å². The molecule has 0 radical (unpaired) electrons. The minimum absolute atomic E-state index is 0.319. The van der Waals surface area contributed by atoms with Crippen molar-refractivity contribution in [3.63, 3.8) is 0 Å². The van der Waals surface area contributed by atoms with Gasteiger partial charge in [0.15, 0.2) is 0 Å². The highest BCUT2D eigenvalue weighted by Gasteiger charge is 2.46. The van der Waals surface area contributed by atoms with Gasteiger partial charge in [-0.05, 0) is 57.9 Å². The maximum absolute atomic E-state index is 6.44. The van der Waals surface area contributed by atoms with Gasteiger partial charge in [-0.15, -0.1) is 0 Å². The van der Waals surface area contributed by atoms with Crippen LogP contribution in [0.1, 0.15) is 33.1 Å². The predicted molar refractivity (Wildman–Crippen MR) is 75.4 cm³/mol. The average molecular weight is 251 g/mol. The summed E-state index contributed by atoms with van der Waals surface area (Å²) in [4.78, 5) is 5.16. The molecule has 4 atom stereocenters. The molecule has 1 saturated heterocycles. The quantitative estimate of drug-likeness (QED) is 0.805. The van der Waals surface area contributed by atoms with Gasteiger partial charge in [0, 0.05) is 37.8 Å². The van der Waals surface area contributed by atoms with Crippen LogP contribution in [0.2, 0.25) is 0 Å². The summed E-state index contributed by atoms with van der Waals surface area (Å²) in [6, 6.07) is 0.492. The molecule has 2 N–H and O–H groups in total. The van der Waals surface area contributed by atoms with Crippen molar-refractivity contribution in [1.29, 1.82) is 0 Å². The molecule has 2 bridgehead atoms. The third-order valence-electron chi connectivity index (χ3n) is 6.02. The molecular formula is C15H29N3. The number of piperazine rings is 1. The van der Waals surface area contributed by atoms with E-state index in [9.17, 15) is 0 Å². The van der Waals surface area contributed by atoms with E-state index >= 15 is 0 Å². The Bertz CT molecular complexity index is 313. The summed E-state index contributed by atoms with van der Waals surface area (Å²) in [6.07, 6.45) is 4.26. The monoisotopic (exact) mass is 251 g/mol. The number of nitrogens with zero attached hydrogens (tertiary/aromatic N) is 2. The molecule has 2 saturated carbocycles. The lowest BCUT2D eigenvalue weighted by Gasteiger charge is -2.47. The van der Waals surface area contributed by atoms with E-state index in [-0.39, 0.29) is 0 Å². The van der Waals surface area contributed by atoms with Crippen molar-refractivity contribution in [1.82, 2.24) is 9.80 Å². The highest BCUT2D eigenvalue weighted by atomic mass is 15.3. The molecule has 3 rings (SSSR count). The molecule has 0 spiro atoms. The Kier molecular flexibility index (Phi) is 3.20. The fraction of sp³-hybridized carbons (Fsp3) is 1.00. The first-order chi connectivity index (χ1) is 8.47. The molecule has 2 aliphatic carbocycles. The van der Waals surface area contributed by atoms with Crippen LogP contribution in [0, 0.1) is 17.8 Å². The van der Waals surface area contributed by atoms with Crippen LogP contribution in [0.5, 0.6) is 0 Å². The van der Waals surface area contributed by atoms with Crippen LogP contribution in [-0.4, -0.2) is 54.6 Å². The second kappa shape index (κ2) is 4.46. The van der Waals surface area contributed by atoms with E-state index in [0.717, 1.165) is 17.8 Å². The molecule has 3 heteroatoms. The average Bonchev–Trinajstić information content (AvgIpc) is 2.87. The van der Waals surface area contributed by atoms with Crippen LogP contribution in [-0.2, 0) is 0 Å². The van der Waals surface area contributed by atoms with Gasteiger partial charge in [-0.3, -0.25) is 9.80 Å². The second-order valence-electron chi connectivity index (χ2n) is 7.54. The number of hydrogen-bond donors (Lipinski definition) is 1. The predicted octanol–water partition coefficient (Wildman–Crippen LogP) is 1.39. The maximum atomic E-state index is 6.44. The minimum Gasteiger partial charge on any atom is -0.327 e. The first kappa shape index (κ1) is 12.9. The fourth-order valence-corrected chi connectivity index (χ4v) is 4.52. The molecule has 0 aromatic heterocycles. The van der Waals surface area contributed by atoms with Gasteiger partial charge in [0.25, 0.3) is 0 Å². The number of nitrogens with two attached hydrogens (primary N) is 1. The maximum Gasteiger partial charge on any atom is 0.0277 e. The van der Waals surface area contributed by atoms with Crippen molar-refractivity contribution in [2.24, 2.45) is 23.5 Å². The summed E-state index contributed by atoms with van der Waals surface area (Å²) in [6.45, 7) is 9.59. The summed E-state index contributed by atoms with van der Waals surface area (Å²) < 4.78 is 0. The van der Waals surface area contributed by atoms with Crippen LogP contribution in [0.25, 0.3) is 0 Å². The van der Waals surface area contributed by atoms with Gasteiger partial charge in [0.2, 0.25) is 0 Å². The van der Waals surface area contributed by atoms with Crippen LogP contribution in [0.4, 0.5) is 0 Å². The van der Waals surface area contributed by atoms with Crippen molar-refractivity contribution < 1.29 is 0 Å². The third-order valence-corrected chi connectivity index (χ3v) is 6.02. The van der Waals surface area contributed by atoms with Crippen molar-refractivity contribution >= 4 is 0 Å². The molecule has 0 aromatic rings. The zero-order valence-electron chi connectivity index (χ0n) is 12.2. The SMILES string of the molecule is CN1CCN(CC2C3CCC(C3)C2N)CC1(C)C. The van der Waals surface area contributed by atoms with Gasteiger partial charge in [-0.1, -0.05) is 0 Å². The topological polar surface area (TPSA) is 32.5 Å². The fourth-order valence-electron chi connectivity index (χ4n) is 4.52. The minimum atomic E-state index is 0.319. The van der Waals surface area contributed by atoms with Crippen molar-refractivity contribution in [3.05, 3.63) is 0 Å². The normalized spacial score (nSPS) is 44.7. The zero-order chi connectivity index (χ0) is 12.9. The summed E-state index contributed by atoms with van der Waals surface area (Å²) in [5, 5.41) is 0. The lowest BCUT2D eigenvalue weighted by atomic mass is 9.84. The Hall–Kier alpha value is -0.120. The van der Waals surface area contributed by atoms with E-state index in [1.54, 1.807) is 0 Å². The molecule has 104 valence electrons. The third kappa shape index (κ3) is 2.10. The lowest BCUT2D eigenvalue weighted by Crippen LogP contribution is -2.59. The van der Waals surface area contributed by atoms with Crippen molar-refractivity contribution in [2.45, 2.75) is 44.7 Å². The van der Waals surface area contributed by atoms with Crippen LogP contribution >= 0.6 is 0 Å². The Labute approximate surface area is 112 Å². The van der Waals surface area contributed by atoms with E-state index in [1.807, 2.05) is 0 Å². The molecule has 3 fully saturated rings. The summed E-state index contributed by atoms with van der Waals surface area (Å²) in [5.41, 5.74) is 6.76. The van der Waals surface area contributed by atoms with Gasteiger partial charge in [0.1, 0.15) is 0 Å². The van der Waals surface area contributed by atoms with Gasteiger partial charge >= 0.3 is 0 Å². The number of fused-ring (bicyclic) bond motifs is 2.